The molecule has 1 aliphatic rings. The molecular weight excluding hydrogens is 475 g/mol. The van der Waals surface area contributed by atoms with E-state index in [0.717, 1.165) is 57.6 Å². The van der Waals surface area contributed by atoms with E-state index in [0.29, 0.717) is 17.9 Å². The van der Waals surface area contributed by atoms with Crippen LogP contribution < -0.4 is 15.5 Å². The van der Waals surface area contributed by atoms with Gasteiger partial charge in [0.05, 0.1) is 5.56 Å². The van der Waals surface area contributed by atoms with Gasteiger partial charge >= 0.3 is 6.18 Å². The number of nitrogens with one attached hydrogen (secondary N) is 2. The lowest BCUT2D eigenvalue weighted by Crippen LogP contribution is -2.37. The molecule has 37 heavy (non-hydrogen) atoms. The van der Waals surface area contributed by atoms with Crippen molar-refractivity contribution in [1.82, 2.24) is 10.6 Å². The molecule has 0 bridgehead atoms. The van der Waals surface area contributed by atoms with Crippen molar-refractivity contribution in [2.24, 2.45) is 5.92 Å². The van der Waals surface area contributed by atoms with Crippen LogP contribution in [-0.4, -0.2) is 32.1 Å². The second-order valence-electron chi connectivity index (χ2n) is 9.59. The van der Waals surface area contributed by atoms with Gasteiger partial charge in [0.25, 0.3) is 0 Å². The summed E-state index contributed by atoms with van der Waals surface area (Å²) in [7, 11) is 0. The summed E-state index contributed by atoms with van der Waals surface area (Å²) >= 11 is 0. The molecule has 1 aliphatic heterocycles. The number of para-hydroxylation sites is 1. The molecule has 1 amide bonds. The predicted molar refractivity (Wildman–Crippen MR) is 142 cm³/mol. The van der Waals surface area contributed by atoms with E-state index in [1.54, 1.807) is 0 Å². The molecule has 0 aliphatic carbocycles. The van der Waals surface area contributed by atoms with Gasteiger partial charge in [-0.2, -0.15) is 13.2 Å². The van der Waals surface area contributed by atoms with E-state index in [-0.39, 0.29) is 12.5 Å². The molecule has 0 spiro atoms. The third-order valence-electron chi connectivity index (χ3n) is 6.91. The molecule has 0 unspecified atom stereocenters. The molecule has 3 aromatic rings. The zero-order chi connectivity index (χ0) is 26.1. The number of carbonyl (C=O) groups excluding carboxylic acids is 1. The molecule has 0 radical (unpaired) electrons. The van der Waals surface area contributed by atoms with Crippen LogP contribution in [0.5, 0.6) is 0 Å². The molecule has 7 heteroatoms. The summed E-state index contributed by atoms with van der Waals surface area (Å²) in [6.07, 6.45) is -0.975. The Morgan fingerprint density at radius 1 is 0.892 bits per heavy atom. The minimum atomic E-state index is -4.35. The number of hydrogen-bond acceptors (Lipinski definition) is 3. The van der Waals surface area contributed by atoms with Gasteiger partial charge in [0.2, 0.25) is 5.91 Å². The first-order valence-electron chi connectivity index (χ1n) is 12.9. The third kappa shape index (κ3) is 7.83. The van der Waals surface area contributed by atoms with Gasteiger partial charge in [-0.05, 0) is 67.6 Å². The number of benzene rings is 3. The summed E-state index contributed by atoms with van der Waals surface area (Å²) in [5.74, 6) is 0.528. The molecular formula is C30H34F3N3O. The van der Waals surface area contributed by atoms with Crippen LogP contribution in [0.25, 0.3) is 11.1 Å². The van der Waals surface area contributed by atoms with Gasteiger partial charge in [0, 0.05) is 37.3 Å². The van der Waals surface area contributed by atoms with Crippen LogP contribution in [0.2, 0.25) is 0 Å². The van der Waals surface area contributed by atoms with Crippen molar-refractivity contribution in [3.05, 3.63) is 90.0 Å². The summed E-state index contributed by atoms with van der Waals surface area (Å²) in [4.78, 5) is 14.6. The van der Waals surface area contributed by atoms with Crippen LogP contribution in [0.15, 0.2) is 78.9 Å². The average Bonchev–Trinajstić information content (AvgIpc) is 2.92. The van der Waals surface area contributed by atoms with Gasteiger partial charge in [-0.1, -0.05) is 60.7 Å². The van der Waals surface area contributed by atoms with Crippen LogP contribution in [0.1, 0.15) is 36.8 Å². The number of alkyl halides is 3. The SMILES string of the molecule is O=C(CCCNCC1CCN(c2ccccc2-c2ccccc2)CC1)NCc1ccc(C(F)(F)F)cc1. The summed E-state index contributed by atoms with van der Waals surface area (Å²) in [5, 5.41) is 6.27. The van der Waals surface area contributed by atoms with E-state index in [2.05, 4.69) is 64.1 Å². The van der Waals surface area contributed by atoms with Gasteiger partial charge in [-0.15, -0.1) is 0 Å². The van der Waals surface area contributed by atoms with Crippen molar-refractivity contribution in [2.45, 2.75) is 38.4 Å². The van der Waals surface area contributed by atoms with Crippen molar-refractivity contribution in [2.75, 3.05) is 31.1 Å². The van der Waals surface area contributed by atoms with Crippen LogP contribution >= 0.6 is 0 Å². The standard InChI is InChI=1S/C30H34F3N3O/c31-30(32,33)26-14-12-23(13-15-26)22-35-29(37)11-6-18-34-21-24-16-19-36(20-17-24)28-10-5-4-9-27(28)25-7-2-1-3-8-25/h1-5,7-10,12-15,24,34H,6,11,16-22H2,(H,35,37). The Kier molecular flexibility index (Phi) is 9.23. The van der Waals surface area contributed by atoms with Gasteiger partial charge in [0.1, 0.15) is 0 Å². The topological polar surface area (TPSA) is 44.4 Å². The molecule has 196 valence electrons. The lowest BCUT2D eigenvalue weighted by Gasteiger charge is -2.35. The van der Waals surface area contributed by atoms with Crippen LogP contribution in [0.3, 0.4) is 0 Å². The number of nitrogens with zero attached hydrogens (tertiary/aromatic N) is 1. The van der Waals surface area contributed by atoms with Crippen LogP contribution in [0, 0.1) is 5.92 Å². The van der Waals surface area contributed by atoms with Gasteiger partial charge in [-0.25, -0.2) is 0 Å². The number of halogens is 3. The van der Waals surface area contributed by atoms with Gasteiger partial charge in [-0.3, -0.25) is 4.79 Å². The molecule has 4 nitrogen and oxygen atoms in total. The van der Waals surface area contributed by atoms with Gasteiger partial charge < -0.3 is 15.5 Å². The molecule has 0 atom stereocenters. The molecule has 1 saturated heterocycles. The van der Waals surface area contributed by atoms with E-state index in [4.69, 9.17) is 0 Å². The summed E-state index contributed by atoms with van der Waals surface area (Å²) in [6, 6.07) is 24.0. The number of anilines is 1. The Labute approximate surface area is 216 Å². The molecule has 0 aromatic heterocycles. The maximum absolute atomic E-state index is 12.6. The molecule has 3 aromatic carbocycles. The summed E-state index contributed by atoms with van der Waals surface area (Å²) in [6.45, 7) is 4.01. The minimum Gasteiger partial charge on any atom is -0.371 e. The van der Waals surface area contributed by atoms with E-state index in [1.165, 1.54) is 28.9 Å². The van der Waals surface area contributed by atoms with Crippen molar-refractivity contribution in [3.8, 4) is 11.1 Å². The largest absolute Gasteiger partial charge is 0.416 e. The lowest BCUT2D eigenvalue weighted by atomic mass is 9.95. The normalized spacial score (nSPS) is 14.5. The van der Waals surface area contributed by atoms with E-state index >= 15 is 0 Å². The van der Waals surface area contributed by atoms with E-state index in [1.807, 2.05) is 6.07 Å². The average molecular weight is 510 g/mol. The van der Waals surface area contributed by atoms with Crippen molar-refractivity contribution >= 4 is 11.6 Å². The second kappa shape index (κ2) is 12.8. The summed E-state index contributed by atoms with van der Waals surface area (Å²) < 4.78 is 37.9. The van der Waals surface area contributed by atoms with Crippen molar-refractivity contribution in [1.29, 1.82) is 0 Å². The Bertz CT molecular complexity index is 1120. The first-order valence-corrected chi connectivity index (χ1v) is 12.9. The fourth-order valence-electron chi connectivity index (χ4n) is 4.77. The molecule has 2 N–H and O–H groups in total. The highest BCUT2D eigenvalue weighted by molar-refractivity contribution is 5.78. The van der Waals surface area contributed by atoms with Gasteiger partial charge in [0.15, 0.2) is 0 Å². The monoisotopic (exact) mass is 509 g/mol. The molecule has 0 saturated carbocycles. The van der Waals surface area contributed by atoms with E-state index < -0.39 is 11.7 Å². The maximum atomic E-state index is 12.6. The minimum absolute atomic E-state index is 0.0907. The number of rotatable bonds is 10. The number of hydrogen-bond donors (Lipinski definition) is 2. The number of carbonyl (C=O) groups is 1. The first kappa shape index (κ1) is 26.7. The number of amides is 1. The molecule has 4 rings (SSSR count). The zero-order valence-corrected chi connectivity index (χ0v) is 20.9. The summed E-state index contributed by atoms with van der Waals surface area (Å²) in [5.41, 5.74) is 3.78. The fourth-order valence-corrected chi connectivity index (χ4v) is 4.77. The fraction of sp³-hybridized carbons (Fsp3) is 0.367. The first-order chi connectivity index (χ1) is 17.9. The Balaban J connectivity index is 1.11. The van der Waals surface area contributed by atoms with Crippen molar-refractivity contribution in [3.63, 3.8) is 0 Å². The predicted octanol–water partition coefficient (Wildman–Crippen LogP) is 6.28. The van der Waals surface area contributed by atoms with Crippen LogP contribution in [0.4, 0.5) is 18.9 Å². The maximum Gasteiger partial charge on any atom is 0.416 e. The highest BCUT2D eigenvalue weighted by Gasteiger charge is 2.29. The van der Waals surface area contributed by atoms with Crippen molar-refractivity contribution < 1.29 is 18.0 Å². The quantitative estimate of drug-likeness (QED) is 0.317. The number of piperidine rings is 1. The lowest BCUT2D eigenvalue weighted by molar-refractivity contribution is -0.137. The Morgan fingerprint density at radius 2 is 1.57 bits per heavy atom. The highest BCUT2D eigenvalue weighted by Crippen LogP contribution is 2.33. The van der Waals surface area contributed by atoms with E-state index in [9.17, 15) is 18.0 Å². The smallest absolute Gasteiger partial charge is 0.371 e. The molecule has 1 fully saturated rings. The Hall–Kier alpha value is -3.32. The third-order valence-corrected chi connectivity index (χ3v) is 6.91. The van der Waals surface area contributed by atoms with Crippen LogP contribution in [-0.2, 0) is 17.5 Å². The molecule has 1 heterocycles. The zero-order valence-electron chi connectivity index (χ0n) is 20.9. The second-order valence-corrected chi connectivity index (χ2v) is 9.59. The highest BCUT2D eigenvalue weighted by atomic mass is 19.4. The Morgan fingerprint density at radius 3 is 2.27 bits per heavy atom.